The number of alkyl halides is 1. The Labute approximate surface area is 145 Å². The van der Waals surface area contributed by atoms with Crippen molar-refractivity contribution in [3.05, 3.63) is 62.0 Å². The summed E-state index contributed by atoms with van der Waals surface area (Å²) >= 11 is 19.6. The molecule has 0 saturated carbocycles. The van der Waals surface area contributed by atoms with E-state index in [1.807, 2.05) is 18.2 Å². The van der Waals surface area contributed by atoms with Gasteiger partial charge in [-0.15, -0.1) is 0 Å². The van der Waals surface area contributed by atoms with Crippen molar-refractivity contribution in [1.82, 2.24) is 0 Å². The van der Waals surface area contributed by atoms with Gasteiger partial charge in [0, 0.05) is 20.4 Å². The normalized spacial score (nSPS) is 12.2. The number of ether oxygens (including phenoxy) is 1. The summed E-state index contributed by atoms with van der Waals surface area (Å²) in [5.74, 6) is 0.587. The van der Waals surface area contributed by atoms with Gasteiger partial charge >= 0.3 is 0 Å². The predicted octanol–water partition coefficient (Wildman–Crippen LogP) is 6.44. The van der Waals surface area contributed by atoms with Crippen molar-refractivity contribution in [1.29, 1.82) is 0 Å². The van der Waals surface area contributed by atoms with Crippen LogP contribution in [0.4, 0.5) is 0 Å². The van der Waals surface area contributed by atoms with Gasteiger partial charge in [-0.1, -0.05) is 67.2 Å². The molecular weight excluding hydrogens is 427 g/mol. The average molecular weight is 439 g/mol. The maximum absolute atomic E-state index is 6.29. The highest BCUT2D eigenvalue weighted by atomic mass is 79.9. The highest BCUT2D eigenvalue weighted by molar-refractivity contribution is 9.10. The minimum Gasteiger partial charge on any atom is -0.495 e. The quantitative estimate of drug-likeness (QED) is 0.499. The first-order valence-corrected chi connectivity index (χ1v) is 8.39. The van der Waals surface area contributed by atoms with E-state index < -0.39 is 0 Å². The lowest BCUT2D eigenvalue weighted by atomic mass is 10.0. The van der Waals surface area contributed by atoms with Crippen LogP contribution >= 0.6 is 55.1 Å². The summed E-state index contributed by atoms with van der Waals surface area (Å²) in [7, 11) is 1.57. The maximum atomic E-state index is 6.29. The highest BCUT2D eigenvalue weighted by Crippen LogP contribution is 2.38. The fraction of sp³-hybridized carbons (Fsp3) is 0.200. The fourth-order valence-corrected chi connectivity index (χ4v) is 3.56. The molecule has 0 radical (unpaired) electrons. The Kier molecular flexibility index (Phi) is 5.79. The zero-order valence-corrected chi connectivity index (χ0v) is 15.4. The molecule has 20 heavy (non-hydrogen) atoms. The van der Waals surface area contributed by atoms with Gasteiger partial charge in [0.05, 0.1) is 12.1 Å². The van der Waals surface area contributed by atoms with E-state index in [4.69, 9.17) is 27.9 Å². The molecule has 5 heteroatoms. The van der Waals surface area contributed by atoms with Gasteiger partial charge in [0.2, 0.25) is 0 Å². The standard InChI is InChI=1S/C15H12Br2Cl2O/c1-20-15-8-13(18)11(7-14(15)19)12(17)6-9-2-4-10(16)5-3-9/h2-5,7-8,12H,6H2,1H3. The molecule has 2 aromatic carbocycles. The molecule has 0 fully saturated rings. The summed E-state index contributed by atoms with van der Waals surface area (Å²) in [4.78, 5) is 0.0968. The molecule has 2 aromatic rings. The Balaban J connectivity index is 2.22. The number of methoxy groups -OCH3 is 1. The average Bonchev–Trinajstić information content (AvgIpc) is 2.43. The summed E-state index contributed by atoms with van der Waals surface area (Å²) in [6.45, 7) is 0. The second-order valence-corrected chi connectivity index (χ2v) is 7.14. The topological polar surface area (TPSA) is 9.23 Å². The number of hydrogen-bond acceptors (Lipinski definition) is 1. The fourth-order valence-electron chi connectivity index (χ4n) is 1.88. The van der Waals surface area contributed by atoms with Crippen LogP contribution in [0, 0.1) is 0 Å². The monoisotopic (exact) mass is 436 g/mol. The second kappa shape index (κ2) is 7.17. The molecule has 0 aliphatic heterocycles. The maximum Gasteiger partial charge on any atom is 0.138 e. The first-order chi connectivity index (χ1) is 9.51. The zero-order chi connectivity index (χ0) is 14.7. The van der Waals surface area contributed by atoms with Crippen molar-refractivity contribution >= 4 is 55.1 Å². The van der Waals surface area contributed by atoms with Crippen LogP contribution in [0.15, 0.2) is 40.9 Å². The van der Waals surface area contributed by atoms with Gasteiger partial charge in [-0.25, -0.2) is 0 Å². The molecule has 1 unspecified atom stereocenters. The van der Waals surface area contributed by atoms with Crippen molar-refractivity contribution in [3.63, 3.8) is 0 Å². The van der Waals surface area contributed by atoms with Crippen LogP contribution < -0.4 is 4.74 Å². The first kappa shape index (κ1) is 16.2. The van der Waals surface area contributed by atoms with Gasteiger partial charge in [0.15, 0.2) is 0 Å². The summed E-state index contributed by atoms with van der Waals surface area (Å²) < 4.78 is 6.22. The van der Waals surface area contributed by atoms with Crippen LogP contribution in [-0.2, 0) is 6.42 Å². The summed E-state index contributed by atoms with van der Waals surface area (Å²) in [5, 5.41) is 1.21. The Morgan fingerprint density at radius 1 is 1.10 bits per heavy atom. The molecule has 106 valence electrons. The van der Waals surface area contributed by atoms with E-state index in [2.05, 4.69) is 44.0 Å². The molecule has 0 aliphatic rings. The Bertz CT molecular complexity index is 600. The third-order valence-corrected chi connectivity index (χ3v) is 4.91. The molecule has 0 bridgehead atoms. The third-order valence-electron chi connectivity index (χ3n) is 2.94. The lowest BCUT2D eigenvalue weighted by Gasteiger charge is -2.14. The lowest BCUT2D eigenvalue weighted by Crippen LogP contribution is -1.97. The van der Waals surface area contributed by atoms with Gasteiger partial charge in [-0.2, -0.15) is 0 Å². The first-order valence-electron chi connectivity index (χ1n) is 5.92. The van der Waals surface area contributed by atoms with E-state index in [0.717, 1.165) is 16.5 Å². The summed E-state index contributed by atoms with van der Waals surface area (Å²) in [6.07, 6.45) is 0.829. The summed E-state index contributed by atoms with van der Waals surface area (Å²) in [5.41, 5.74) is 2.18. The third kappa shape index (κ3) is 3.91. The molecule has 1 atom stereocenters. The lowest BCUT2D eigenvalue weighted by molar-refractivity contribution is 0.415. The number of halogens is 4. The van der Waals surface area contributed by atoms with Crippen LogP contribution in [0.2, 0.25) is 10.0 Å². The minimum atomic E-state index is 0.0968. The van der Waals surface area contributed by atoms with E-state index in [1.54, 1.807) is 13.2 Å². The van der Waals surface area contributed by atoms with Gasteiger partial charge in [0.25, 0.3) is 0 Å². The molecule has 0 aliphatic carbocycles. The molecule has 0 spiro atoms. The molecule has 1 nitrogen and oxygen atoms in total. The highest BCUT2D eigenvalue weighted by Gasteiger charge is 2.15. The van der Waals surface area contributed by atoms with Gasteiger partial charge in [-0.3, -0.25) is 0 Å². The molecule has 0 heterocycles. The van der Waals surface area contributed by atoms with Crippen LogP contribution in [0.3, 0.4) is 0 Å². The van der Waals surface area contributed by atoms with E-state index in [-0.39, 0.29) is 4.83 Å². The molecular formula is C15H12Br2Cl2O. The predicted molar refractivity (Wildman–Crippen MR) is 92.5 cm³/mol. The van der Waals surface area contributed by atoms with E-state index >= 15 is 0 Å². The van der Waals surface area contributed by atoms with Gasteiger partial charge in [-0.05, 0) is 35.7 Å². The Morgan fingerprint density at radius 2 is 1.75 bits per heavy atom. The van der Waals surface area contributed by atoms with Crippen molar-refractivity contribution in [3.8, 4) is 5.75 Å². The largest absolute Gasteiger partial charge is 0.495 e. The molecule has 0 N–H and O–H groups in total. The van der Waals surface area contributed by atoms with Crippen LogP contribution in [0.25, 0.3) is 0 Å². The van der Waals surface area contributed by atoms with Gasteiger partial charge in [0.1, 0.15) is 5.75 Å². The molecule has 2 rings (SSSR count). The smallest absolute Gasteiger partial charge is 0.138 e. The van der Waals surface area contributed by atoms with Crippen LogP contribution in [0.1, 0.15) is 16.0 Å². The van der Waals surface area contributed by atoms with E-state index in [9.17, 15) is 0 Å². The molecule has 0 amide bonds. The number of benzene rings is 2. The summed E-state index contributed by atoms with van der Waals surface area (Å²) in [6, 6.07) is 11.8. The van der Waals surface area contributed by atoms with Crippen LogP contribution in [0.5, 0.6) is 5.75 Å². The molecule has 0 saturated heterocycles. The number of rotatable bonds is 4. The van der Waals surface area contributed by atoms with E-state index in [1.165, 1.54) is 5.56 Å². The van der Waals surface area contributed by atoms with Crippen molar-refractivity contribution < 1.29 is 4.74 Å². The Hall–Kier alpha value is -0.220. The van der Waals surface area contributed by atoms with Crippen molar-refractivity contribution in [2.45, 2.75) is 11.2 Å². The van der Waals surface area contributed by atoms with Crippen molar-refractivity contribution in [2.75, 3.05) is 7.11 Å². The SMILES string of the molecule is COc1cc(Cl)c(C(Br)Cc2ccc(Br)cc2)cc1Cl. The van der Waals surface area contributed by atoms with E-state index in [0.29, 0.717) is 15.8 Å². The second-order valence-electron chi connectivity index (χ2n) is 4.31. The minimum absolute atomic E-state index is 0.0968. The number of hydrogen-bond donors (Lipinski definition) is 0. The molecule has 0 aromatic heterocycles. The van der Waals surface area contributed by atoms with Crippen molar-refractivity contribution in [2.24, 2.45) is 0 Å². The van der Waals surface area contributed by atoms with Gasteiger partial charge < -0.3 is 4.74 Å². The Morgan fingerprint density at radius 3 is 2.35 bits per heavy atom. The van der Waals surface area contributed by atoms with Crippen LogP contribution in [-0.4, -0.2) is 7.11 Å². The zero-order valence-electron chi connectivity index (χ0n) is 10.7.